The zero-order chi connectivity index (χ0) is 16.0. The molecular formula is C17H35N3O. The molecule has 1 amide bonds. The first-order chi connectivity index (χ1) is 9.74. The average molecular weight is 297 g/mol. The second-order valence-corrected chi connectivity index (χ2v) is 7.57. The quantitative estimate of drug-likeness (QED) is 0.576. The zero-order valence-electron chi connectivity index (χ0n) is 14.6. The number of primary amides is 1. The molecule has 1 atom stereocenters. The first-order valence-corrected chi connectivity index (χ1v) is 8.56. The van der Waals surface area contributed by atoms with Gasteiger partial charge in [0.25, 0.3) is 0 Å². The fourth-order valence-electron chi connectivity index (χ4n) is 3.03. The number of amides is 1. The summed E-state index contributed by atoms with van der Waals surface area (Å²) in [7, 11) is 0. The predicted molar refractivity (Wildman–Crippen MR) is 89.2 cm³/mol. The number of hydrogen-bond donors (Lipinski definition) is 2. The van der Waals surface area contributed by atoms with E-state index in [9.17, 15) is 4.79 Å². The highest BCUT2D eigenvalue weighted by molar-refractivity contribution is 5.84. The molecule has 1 unspecified atom stereocenters. The van der Waals surface area contributed by atoms with Crippen LogP contribution in [-0.4, -0.2) is 41.5 Å². The minimum atomic E-state index is -0.573. The highest BCUT2D eigenvalue weighted by atomic mass is 16.1. The molecule has 0 aromatic carbocycles. The Bertz CT molecular complexity index is 326. The number of nitrogens with two attached hydrogens (primary N) is 1. The van der Waals surface area contributed by atoms with E-state index in [4.69, 9.17) is 5.73 Å². The van der Waals surface area contributed by atoms with Crippen LogP contribution in [-0.2, 0) is 4.79 Å². The van der Waals surface area contributed by atoms with E-state index in [1.807, 2.05) is 6.92 Å². The van der Waals surface area contributed by atoms with Gasteiger partial charge in [-0.2, -0.15) is 0 Å². The molecule has 3 N–H and O–H groups in total. The van der Waals surface area contributed by atoms with Crippen LogP contribution < -0.4 is 11.1 Å². The van der Waals surface area contributed by atoms with Gasteiger partial charge in [-0.15, -0.1) is 0 Å². The standard InChI is InChI=1S/C17H35N3O/c1-13(2)12-20(15-8-9-15)11-7-6-10-17(5,16(18)21)19-14(3)4/h13-15,19H,6-12H2,1-5H3,(H2,18,21). The van der Waals surface area contributed by atoms with Crippen molar-refractivity contribution < 1.29 is 4.79 Å². The van der Waals surface area contributed by atoms with E-state index < -0.39 is 5.54 Å². The van der Waals surface area contributed by atoms with Gasteiger partial charge in [-0.05, 0) is 65.3 Å². The van der Waals surface area contributed by atoms with Crippen LogP contribution in [0.25, 0.3) is 0 Å². The van der Waals surface area contributed by atoms with Crippen LogP contribution in [0.4, 0.5) is 0 Å². The van der Waals surface area contributed by atoms with E-state index in [-0.39, 0.29) is 11.9 Å². The van der Waals surface area contributed by atoms with E-state index >= 15 is 0 Å². The molecule has 4 nitrogen and oxygen atoms in total. The third-order valence-electron chi connectivity index (χ3n) is 4.19. The summed E-state index contributed by atoms with van der Waals surface area (Å²) in [4.78, 5) is 14.3. The molecule has 4 heteroatoms. The molecule has 1 fully saturated rings. The molecular weight excluding hydrogens is 262 g/mol. The lowest BCUT2D eigenvalue weighted by Crippen LogP contribution is -2.55. The molecule has 1 saturated carbocycles. The van der Waals surface area contributed by atoms with Crippen LogP contribution >= 0.6 is 0 Å². The monoisotopic (exact) mass is 297 g/mol. The van der Waals surface area contributed by atoms with Gasteiger partial charge in [-0.3, -0.25) is 4.79 Å². The molecule has 124 valence electrons. The summed E-state index contributed by atoms with van der Waals surface area (Å²) in [5, 5.41) is 3.32. The van der Waals surface area contributed by atoms with Gasteiger partial charge in [0, 0.05) is 18.6 Å². The lowest BCUT2D eigenvalue weighted by atomic mass is 9.93. The Hall–Kier alpha value is -0.610. The van der Waals surface area contributed by atoms with Crippen molar-refractivity contribution in [3.05, 3.63) is 0 Å². The molecule has 1 aliphatic rings. The van der Waals surface area contributed by atoms with Gasteiger partial charge in [-0.25, -0.2) is 0 Å². The number of carbonyl (C=O) groups excluding carboxylic acids is 1. The van der Waals surface area contributed by atoms with Gasteiger partial charge < -0.3 is 16.0 Å². The first-order valence-electron chi connectivity index (χ1n) is 8.56. The van der Waals surface area contributed by atoms with Crippen molar-refractivity contribution in [1.29, 1.82) is 0 Å². The molecule has 1 aliphatic carbocycles. The van der Waals surface area contributed by atoms with Crippen molar-refractivity contribution in [1.82, 2.24) is 10.2 Å². The van der Waals surface area contributed by atoms with Crippen molar-refractivity contribution in [3.8, 4) is 0 Å². The topological polar surface area (TPSA) is 58.4 Å². The Morgan fingerprint density at radius 1 is 1.29 bits per heavy atom. The maximum absolute atomic E-state index is 11.7. The molecule has 1 rings (SSSR count). The Labute approximate surface area is 130 Å². The number of hydrogen-bond acceptors (Lipinski definition) is 3. The molecule has 0 spiro atoms. The van der Waals surface area contributed by atoms with Crippen molar-refractivity contribution in [2.75, 3.05) is 13.1 Å². The van der Waals surface area contributed by atoms with E-state index in [1.54, 1.807) is 0 Å². The third kappa shape index (κ3) is 6.79. The second kappa shape index (κ2) is 8.14. The fraction of sp³-hybridized carbons (Fsp3) is 0.941. The van der Waals surface area contributed by atoms with E-state index in [2.05, 4.69) is 37.9 Å². The molecule has 0 radical (unpaired) electrons. The van der Waals surface area contributed by atoms with E-state index in [0.717, 1.165) is 37.8 Å². The van der Waals surface area contributed by atoms with Gasteiger partial charge in [0.15, 0.2) is 0 Å². The number of carbonyl (C=O) groups is 1. The third-order valence-corrected chi connectivity index (χ3v) is 4.19. The van der Waals surface area contributed by atoms with Gasteiger partial charge in [0.05, 0.1) is 5.54 Å². The van der Waals surface area contributed by atoms with Crippen LogP contribution in [0.15, 0.2) is 0 Å². The first kappa shape index (κ1) is 18.4. The molecule has 0 heterocycles. The summed E-state index contributed by atoms with van der Waals surface area (Å²) in [6, 6.07) is 1.09. The SMILES string of the molecule is CC(C)CN(CCCCC(C)(NC(C)C)C(N)=O)C1CC1. The van der Waals surface area contributed by atoms with Crippen molar-refractivity contribution in [2.24, 2.45) is 11.7 Å². The summed E-state index contributed by atoms with van der Waals surface area (Å²) in [5.74, 6) is 0.488. The van der Waals surface area contributed by atoms with Gasteiger partial charge >= 0.3 is 0 Å². The number of rotatable bonds is 11. The Kier molecular flexibility index (Phi) is 7.14. The van der Waals surface area contributed by atoms with Gasteiger partial charge in [0.1, 0.15) is 0 Å². The maximum Gasteiger partial charge on any atom is 0.237 e. The highest BCUT2D eigenvalue weighted by Crippen LogP contribution is 2.28. The minimum absolute atomic E-state index is 0.238. The predicted octanol–water partition coefficient (Wildman–Crippen LogP) is 2.52. The molecule has 21 heavy (non-hydrogen) atoms. The van der Waals surface area contributed by atoms with Crippen LogP contribution in [0.1, 0.15) is 66.7 Å². The summed E-state index contributed by atoms with van der Waals surface area (Å²) in [6.07, 6.45) is 5.73. The molecule has 0 bridgehead atoms. The Morgan fingerprint density at radius 3 is 2.33 bits per heavy atom. The molecule has 0 aliphatic heterocycles. The Morgan fingerprint density at radius 2 is 1.90 bits per heavy atom. The highest BCUT2D eigenvalue weighted by Gasteiger charge is 2.32. The maximum atomic E-state index is 11.7. The van der Waals surface area contributed by atoms with Crippen molar-refractivity contribution in [2.45, 2.75) is 84.3 Å². The summed E-state index contributed by atoms with van der Waals surface area (Å²) >= 11 is 0. The van der Waals surface area contributed by atoms with Crippen LogP contribution in [0.5, 0.6) is 0 Å². The molecule has 0 aromatic heterocycles. The minimum Gasteiger partial charge on any atom is -0.368 e. The summed E-state index contributed by atoms with van der Waals surface area (Å²) < 4.78 is 0. The van der Waals surface area contributed by atoms with Gasteiger partial charge in [-0.1, -0.05) is 13.8 Å². The normalized spacial score (nSPS) is 18.5. The molecule has 0 saturated heterocycles. The van der Waals surface area contributed by atoms with E-state index in [0.29, 0.717) is 0 Å². The van der Waals surface area contributed by atoms with Gasteiger partial charge in [0.2, 0.25) is 5.91 Å². The smallest absolute Gasteiger partial charge is 0.237 e. The fourth-order valence-corrected chi connectivity index (χ4v) is 3.03. The number of nitrogens with one attached hydrogen (secondary N) is 1. The zero-order valence-corrected chi connectivity index (χ0v) is 14.6. The van der Waals surface area contributed by atoms with Crippen molar-refractivity contribution >= 4 is 5.91 Å². The van der Waals surface area contributed by atoms with Crippen LogP contribution in [0.2, 0.25) is 0 Å². The largest absolute Gasteiger partial charge is 0.368 e. The lowest BCUT2D eigenvalue weighted by Gasteiger charge is -2.30. The second-order valence-electron chi connectivity index (χ2n) is 7.57. The van der Waals surface area contributed by atoms with Crippen LogP contribution in [0.3, 0.4) is 0 Å². The Balaban J connectivity index is 2.34. The van der Waals surface area contributed by atoms with E-state index in [1.165, 1.54) is 19.4 Å². The number of nitrogens with zero attached hydrogens (tertiary/aromatic N) is 1. The lowest BCUT2D eigenvalue weighted by molar-refractivity contribution is -0.124. The summed E-state index contributed by atoms with van der Waals surface area (Å²) in [5.41, 5.74) is 5.00. The summed E-state index contributed by atoms with van der Waals surface area (Å²) in [6.45, 7) is 13.0. The average Bonchev–Trinajstić information content (AvgIpc) is 3.15. The number of unbranched alkanes of at least 4 members (excludes halogenated alkanes) is 1. The molecule has 0 aromatic rings. The van der Waals surface area contributed by atoms with Crippen LogP contribution in [0, 0.1) is 5.92 Å². The van der Waals surface area contributed by atoms with Crippen molar-refractivity contribution in [3.63, 3.8) is 0 Å².